The normalized spacial score (nSPS) is 20.9. The molecule has 1 saturated heterocycles. The summed E-state index contributed by atoms with van der Waals surface area (Å²) < 4.78 is 10.1. The van der Waals surface area contributed by atoms with Gasteiger partial charge in [0.25, 0.3) is 5.91 Å². The molecule has 2 heterocycles. The number of ether oxygens (including phenoxy) is 1. The lowest BCUT2D eigenvalue weighted by Gasteiger charge is -2.14. The van der Waals surface area contributed by atoms with E-state index in [1.807, 2.05) is 0 Å². The van der Waals surface area contributed by atoms with Crippen molar-refractivity contribution < 1.29 is 13.9 Å². The molecule has 1 aliphatic rings. The van der Waals surface area contributed by atoms with Crippen molar-refractivity contribution in [3.8, 4) is 0 Å². The molecule has 1 fully saturated rings. The summed E-state index contributed by atoms with van der Waals surface area (Å²) in [5.41, 5.74) is 0.424. The zero-order valence-corrected chi connectivity index (χ0v) is 9.16. The summed E-state index contributed by atoms with van der Waals surface area (Å²) in [5, 5.41) is 0.154. The van der Waals surface area contributed by atoms with E-state index >= 15 is 0 Å². The Morgan fingerprint density at radius 3 is 3.07 bits per heavy atom. The van der Waals surface area contributed by atoms with Gasteiger partial charge in [0.1, 0.15) is 0 Å². The molecule has 1 atom stereocenters. The molecule has 5 heteroatoms. The van der Waals surface area contributed by atoms with E-state index in [0.29, 0.717) is 18.7 Å². The third-order valence-corrected chi connectivity index (χ3v) is 2.91. The van der Waals surface area contributed by atoms with E-state index in [9.17, 15) is 4.79 Å². The topological polar surface area (TPSA) is 42.7 Å². The second kappa shape index (κ2) is 4.24. The molecule has 4 nitrogen and oxygen atoms in total. The van der Waals surface area contributed by atoms with Gasteiger partial charge in [-0.05, 0) is 24.1 Å². The first kappa shape index (κ1) is 10.5. The third-order valence-electron chi connectivity index (χ3n) is 2.61. The quantitative estimate of drug-likeness (QED) is 0.777. The zero-order valence-electron chi connectivity index (χ0n) is 8.40. The SMILES string of the molecule is COC1CCN(C(=O)c2ccoc2Cl)C1. The summed E-state index contributed by atoms with van der Waals surface area (Å²) in [6.07, 6.45) is 2.43. The van der Waals surface area contributed by atoms with Crippen LogP contribution in [-0.4, -0.2) is 37.1 Å². The smallest absolute Gasteiger partial charge is 0.258 e. The van der Waals surface area contributed by atoms with Crippen LogP contribution in [0.5, 0.6) is 0 Å². The molecule has 1 unspecified atom stereocenters. The monoisotopic (exact) mass is 229 g/mol. The minimum absolute atomic E-state index is 0.0895. The lowest BCUT2D eigenvalue weighted by molar-refractivity contribution is 0.0723. The molecular formula is C10H12ClNO3. The number of halogens is 1. The lowest BCUT2D eigenvalue weighted by Crippen LogP contribution is -2.29. The van der Waals surface area contributed by atoms with Crippen molar-refractivity contribution in [3.63, 3.8) is 0 Å². The van der Waals surface area contributed by atoms with E-state index in [0.717, 1.165) is 6.42 Å². The number of hydrogen-bond donors (Lipinski definition) is 0. The van der Waals surface area contributed by atoms with Gasteiger partial charge in [0.05, 0.1) is 17.9 Å². The lowest BCUT2D eigenvalue weighted by atomic mass is 10.3. The number of nitrogens with zero attached hydrogens (tertiary/aromatic N) is 1. The Labute approximate surface area is 92.7 Å². The van der Waals surface area contributed by atoms with Crippen molar-refractivity contribution in [2.24, 2.45) is 0 Å². The second-order valence-electron chi connectivity index (χ2n) is 3.51. The maximum atomic E-state index is 11.9. The predicted molar refractivity (Wildman–Crippen MR) is 55.0 cm³/mol. The van der Waals surface area contributed by atoms with Gasteiger partial charge in [0, 0.05) is 20.2 Å². The maximum Gasteiger partial charge on any atom is 0.258 e. The summed E-state index contributed by atoms with van der Waals surface area (Å²) >= 11 is 5.74. The van der Waals surface area contributed by atoms with Gasteiger partial charge in [0.15, 0.2) is 0 Å². The fourth-order valence-electron chi connectivity index (χ4n) is 1.72. The third kappa shape index (κ3) is 2.01. The highest BCUT2D eigenvalue weighted by molar-refractivity contribution is 6.32. The molecule has 15 heavy (non-hydrogen) atoms. The van der Waals surface area contributed by atoms with Crippen LogP contribution in [-0.2, 0) is 4.74 Å². The molecule has 82 valence electrons. The van der Waals surface area contributed by atoms with E-state index in [1.54, 1.807) is 18.1 Å². The van der Waals surface area contributed by atoms with Crippen LogP contribution in [0.25, 0.3) is 0 Å². The minimum Gasteiger partial charge on any atom is -0.452 e. The molecule has 2 rings (SSSR count). The highest BCUT2D eigenvalue weighted by Crippen LogP contribution is 2.21. The minimum atomic E-state index is -0.0895. The Kier molecular flexibility index (Phi) is 2.98. The first-order chi connectivity index (χ1) is 7.22. The van der Waals surface area contributed by atoms with Gasteiger partial charge in [-0.1, -0.05) is 0 Å². The van der Waals surface area contributed by atoms with Crippen molar-refractivity contribution in [3.05, 3.63) is 23.1 Å². The molecule has 0 bridgehead atoms. The maximum absolute atomic E-state index is 11.9. The summed E-state index contributed by atoms with van der Waals surface area (Å²) in [7, 11) is 1.66. The highest BCUT2D eigenvalue weighted by atomic mass is 35.5. The van der Waals surface area contributed by atoms with Crippen LogP contribution >= 0.6 is 11.6 Å². The van der Waals surface area contributed by atoms with Gasteiger partial charge >= 0.3 is 0 Å². The molecule has 0 radical (unpaired) electrons. The Hall–Kier alpha value is -1.00. The number of amides is 1. The summed E-state index contributed by atoms with van der Waals surface area (Å²) in [6.45, 7) is 1.33. The van der Waals surface area contributed by atoms with Crippen LogP contribution < -0.4 is 0 Å². The van der Waals surface area contributed by atoms with Crippen LogP contribution in [0.4, 0.5) is 0 Å². The molecule has 1 aromatic rings. The Balaban J connectivity index is 2.07. The van der Waals surface area contributed by atoms with Crippen molar-refractivity contribution >= 4 is 17.5 Å². The van der Waals surface area contributed by atoms with Gasteiger partial charge in [0.2, 0.25) is 5.22 Å². The molecule has 1 amide bonds. The summed E-state index contributed by atoms with van der Waals surface area (Å²) in [4.78, 5) is 13.6. The Bertz CT molecular complexity index is 363. The molecule has 0 N–H and O–H groups in total. The molecule has 0 aromatic carbocycles. The van der Waals surface area contributed by atoms with Crippen molar-refractivity contribution in [1.29, 1.82) is 0 Å². The van der Waals surface area contributed by atoms with Crippen molar-refractivity contribution in [2.75, 3.05) is 20.2 Å². The van der Waals surface area contributed by atoms with Crippen LogP contribution in [0, 0.1) is 0 Å². The summed E-state index contributed by atoms with van der Waals surface area (Å²) in [6, 6.07) is 1.59. The molecule has 0 aliphatic carbocycles. The number of likely N-dealkylation sites (tertiary alicyclic amines) is 1. The van der Waals surface area contributed by atoms with Gasteiger partial charge < -0.3 is 14.1 Å². The molecular weight excluding hydrogens is 218 g/mol. The molecule has 0 saturated carbocycles. The average Bonchev–Trinajstić information content (AvgIpc) is 2.84. The number of carbonyl (C=O) groups excluding carboxylic acids is 1. The molecule has 1 aromatic heterocycles. The number of methoxy groups -OCH3 is 1. The van der Waals surface area contributed by atoms with E-state index < -0.39 is 0 Å². The summed E-state index contributed by atoms with van der Waals surface area (Å²) in [5.74, 6) is -0.0895. The Morgan fingerprint density at radius 1 is 1.73 bits per heavy atom. The van der Waals surface area contributed by atoms with Crippen LogP contribution in [0.2, 0.25) is 5.22 Å². The largest absolute Gasteiger partial charge is 0.452 e. The number of carbonyl (C=O) groups is 1. The van der Waals surface area contributed by atoms with Crippen molar-refractivity contribution in [2.45, 2.75) is 12.5 Å². The first-order valence-corrected chi connectivity index (χ1v) is 5.15. The van der Waals surface area contributed by atoms with E-state index in [4.69, 9.17) is 20.8 Å². The fraction of sp³-hybridized carbons (Fsp3) is 0.500. The van der Waals surface area contributed by atoms with E-state index in [-0.39, 0.29) is 17.2 Å². The molecule has 1 aliphatic heterocycles. The van der Waals surface area contributed by atoms with Crippen LogP contribution in [0.1, 0.15) is 16.8 Å². The number of hydrogen-bond acceptors (Lipinski definition) is 3. The van der Waals surface area contributed by atoms with Crippen LogP contribution in [0.3, 0.4) is 0 Å². The standard InChI is InChI=1S/C10H12ClNO3/c1-14-7-2-4-12(6-7)10(13)8-3-5-15-9(8)11/h3,5,7H,2,4,6H2,1H3. The van der Waals surface area contributed by atoms with Gasteiger partial charge in [-0.2, -0.15) is 0 Å². The Morgan fingerprint density at radius 2 is 2.53 bits per heavy atom. The van der Waals surface area contributed by atoms with Gasteiger partial charge in [-0.3, -0.25) is 4.79 Å². The number of rotatable bonds is 2. The van der Waals surface area contributed by atoms with E-state index in [1.165, 1.54) is 6.26 Å². The second-order valence-corrected chi connectivity index (χ2v) is 3.85. The zero-order chi connectivity index (χ0) is 10.8. The van der Waals surface area contributed by atoms with Gasteiger partial charge in [-0.15, -0.1) is 0 Å². The van der Waals surface area contributed by atoms with Crippen molar-refractivity contribution in [1.82, 2.24) is 4.90 Å². The van der Waals surface area contributed by atoms with E-state index in [2.05, 4.69) is 0 Å². The fourth-order valence-corrected chi connectivity index (χ4v) is 1.92. The van der Waals surface area contributed by atoms with Gasteiger partial charge in [-0.25, -0.2) is 0 Å². The molecule has 0 spiro atoms. The predicted octanol–water partition coefficient (Wildman–Crippen LogP) is 1.79. The number of furan rings is 1. The highest BCUT2D eigenvalue weighted by Gasteiger charge is 2.28. The average molecular weight is 230 g/mol. The van der Waals surface area contributed by atoms with Crippen LogP contribution in [0.15, 0.2) is 16.7 Å². The first-order valence-electron chi connectivity index (χ1n) is 4.77.